The number of carbonyl (C=O) groups is 1. The molecule has 0 fully saturated rings. The van der Waals surface area contributed by atoms with Gasteiger partial charge < -0.3 is 5.11 Å². The topological polar surface area (TPSA) is 74.7 Å². The van der Waals surface area contributed by atoms with Gasteiger partial charge in [0.05, 0.1) is 13.2 Å². The van der Waals surface area contributed by atoms with E-state index in [1.165, 1.54) is 0 Å². The van der Waals surface area contributed by atoms with Crippen LogP contribution in [0.5, 0.6) is 0 Å². The molecule has 0 rings (SSSR count). The summed E-state index contributed by atoms with van der Waals surface area (Å²) in [6.45, 7) is 2.98. The van der Waals surface area contributed by atoms with Gasteiger partial charge in [-0.1, -0.05) is 20.8 Å². The van der Waals surface area contributed by atoms with E-state index in [0.29, 0.717) is 0 Å². The molecule has 0 aromatic carbocycles. The monoisotopic (exact) mass is 291 g/mol. The van der Waals surface area contributed by atoms with Gasteiger partial charge in [-0.15, -0.1) is 0 Å². The van der Waals surface area contributed by atoms with Crippen molar-refractivity contribution in [3.63, 3.8) is 0 Å². The molecular weight excluding hydrogens is 275 g/mol. The van der Waals surface area contributed by atoms with Gasteiger partial charge in [0, 0.05) is 6.42 Å². The van der Waals surface area contributed by atoms with E-state index in [9.17, 15) is 26.4 Å². The molecule has 5 nitrogen and oxygen atoms in total. The molecule has 0 saturated carbocycles. The zero-order valence-electron chi connectivity index (χ0n) is 10.3. The summed E-state index contributed by atoms with van der Waals surface area (Å²) in [4.78, 5) is 11.6. The number of hydrogen-bond donors (Lipinski definition) is 1. The Bertz CT molecular complexity index is 397. The first-order valence-electron chi connectivity index (χ1n) is 5.05. The number of hydrogen-bond acceptors (Lipinski definition) is 4. The maximum atomic E-state index is 12.3. The summed E-state index contributed by atoms with van der Waals surface area (Å²) >= 11 is 0. The van der Waals surface area contributed by atoms with Gasteiger partial charge in [0.15, 0.2) is 0 Å². The molecular formula is C9H16F3NO4S. The lowest BCUT2D eigenvalue weighted by Crippen LogP contribution is -2.46. The first-order valence-corrected chi connectivity index (χ1v) is 6.49. The highest BCUT2D eigenvalue weighted by Crippen LogP contribution is 2.29. The van der Waals surface area contributed by atoms with E-state index >= 15 is 0 Å². The van der Waals surface area contributed by atoms with Gasteiger partial charge in [-0.25, -0.2) is 4.31 Å². The molecule has 0 saturated heterocycles. The van der Waals surface area contributed by atoms with Gasteiger partial charge in [0.1, 0.15) is 0 Å². The van der Waals surface area contributed by atoms with Crippen LogP contribution in [0.2, 0.25) is 0 Å². The first-order chi connectivity index (χ1) is 7.83. The van der Waals surface area contributed by atoms with Crippen LogP contribution in [0, 0.1) is 5.41 Å². The highest BCUT2D eigenvalue weighted by molar-refractivity contribution is 7.90. The summed E-state index contributed by atoms with van der Waals surface area (Å²) in [6, 6.07) is 0. The summed E-state index contributed by atoms with van der Waals surface area (Å²) in [5.74, 6) is -1.19. The zero-order valence-corrected chi connectivity index (χ0v) is 11.1. The average Bonchev–Trinajstić information content (AvgIpc) is 2.08. The Morgan fingerprint density at radius 2 is 1.67 bits per heavy atom. The lowest BCUT2D eigenvalue weighted by Gasteiger charge is -2.26. The van der Waals surface area contributed by atoms with Crippen LogP contribution in [-0.2, 0) is 14.8 Å². The van der Waals surface area contributed by atoms with Gasteiger partial charge in [-0.2, -0.15) is 21.6 Å². The normalized spacial score (nSPS) is 13.5. The van der Waals surface area contributed by atoms with E-state index in [2.05, 4.69) is 0 Å². The fourth-order valence-electron chi connectivity index (χ4n) is 1.14. The van der Waals surface area contributed by atoms with Gasteiger partial charge in [-0.05, 0) is 5.41 Å². The van der Waals surface area contributed by atoms with Crippen molar-refractivity contribution < 1.29 is 31.5 Å². The molecule has 0 radical (unpaired) electrons. The van der Waals surface area contributed by atoms with Crippen LogP contribution >= 0.6 is 0 Å². The number of rotatable bonds is 4. The van der Waals surface area contributed by atoms with Crippen LogP contribution in [0.15, 0.2) is 0 Å². The van der Waals surface area contributed by atoms with Crippen molar-refractivity contribution in [2.24, 2.45) is 5.41 Å². The van der Waals surface area contributed by atoms with Crippen LogP contribution in [0.4, 0.5) is 13.2 Å². The molecule has 18 heavy (non-hydrogen) atoms. The molecule has 108 valence electrons. The molecule has 0 aliphatic heterocycles. The average molecular weight is 291 g/mol. The number of alkyl halides is 3. The Morgan fingerprint density at radius 1 is 1.22 bits per heavy atom. The van der Waals surface area contributed by atoms with Crippen LogP contribution in [0.25, 0.3) is 0 Å². The van der Waals surface area contributed by atoms with Gasteiger partial charge in [0.25, 0.3) is 0 Å². The minimum atomic E-state index is -5.75. The van der Waals surface area contributed by atoms with Crippen molar-refractivity contribution in [1.29, 1.82) is 0 Å². The third kappa shape index (κ3) is 4.45. The highest BCUT2D eigenvalue weighted by Gasteiger charge is 2.51. The van der Waals surface area contributed by atoms with Crippen LogP contribution in [0.1, 0.15) is 27.2 Å². The second kappa shape index (κ2) is 5.43. The molecule has 0 bridgehead atoms. The first kappa shape index (κ1) is 17.2. The van der Waals surface area contributed by atoms with E-state index in [1.54, 1.807) is 20.8 Å². The Hall–Kier alpha value is -0.830. The van der Waals surface area contributed by atoms with Gasteiger partial charge >= 0.3 is 15.5 Å². The van der Waals surface area contributed by atoms with E-state index < -0.39 is 40.0 Å². The van der Waals surface area contributed by atoms with Gasteiger partial charge in [-0.3, -0.25) is 4.79 Å². The van der Waals surface area contributed by atoms with Crippen molar-refractivity contribution in [3.05, 3.63) is 0 Å². The smallest absolute Gasteiger partial charge is 0.394 e. The number of sulfonamides is 1. The van der Waals surface area contributed by atoms with Crippen molar-refractivity contribution in [3.8, 4) is 0 Å². The molecule has 0 aromatic heterocycles. The standard InChI is InChI=1S/C9H16F3NO4S/c1-8(2,3)6-7(15)13(4-5-14)18(16,17)9(10,11)12/h14H,4-6H2,1-3H3. The third-order valence-electron chi connectivity index (χ3n) is 1.85. The fraction of sp³-hybridized carbons (Fsp3) is 0.889. The Balaban J connectivity index is 5.29. The number of carbonyl (C=O) groups excluding carboxylic acids is 1. The van der Waals surface area contributed by atoms with E-state index in [4.69, 9.17) is 5.11 Å². The van der Waals surface area contributed by atoms with Gasteiger partial charge in [0.2, 0.25) is 5.91 Å². The minimum absolute atomic E-state index is 0.321. The summed E-state index contributed by atoms with van der Waals surface area (Å²) < 4.78 is 59.0. The molecule has 0 atom stereocenters. The lowest BCUT2D eigenvalue weighted by molar-refractivity contribution is -0.130. The Labute approximate surface area is 104 Å². The van der Waals surface area contributed by atoms with Crippen LogP contribution in [-0.4, -0.2) is 42.4 Å². The largest absolute Gasteiger partial charge is 0.516 e. The zero-order chi connectivity index (χ0) is 14.8. The summed E-state index contributed by atoms with van der Waals surface area (Å²) in [6.07, 6.45) is -0.373. The highest BCUT2D eigenvalue weighted by atomic mass is 32.2. The maximum absolute atomic E-state index is 12.3. The Kier molecular flexibility index (Phi) is 5.18. The number of aliphatic hydroxyl groups excluding tert-OH is 1. The molecule has 0 unspecified atom stereocenters. The molecule has 1 N–H and O–H groups in total. The number of nitrogens with zero attached hydrogens (tertiary/aromatic N) is 1. The molecule has 0 aliphatic rings. The fourth-order valence-corrected chi connectivity index (χ4v) is 2.04. The third-order valence-corrected chi connectivity index (χ3v) is 3.40. The Morgan fingerprint density at radius 3 is 1.94 bits per heavy atom. The minimum Gasteiger partial charge on any atom is -0.394 e. The predicted octanol–water partition coefficient (Wildman–Crippen LogP) is 1.09. The van der Waals surface area contributed by atoms with Crippen LogP contribution in [0.3, 0.4) is 0 Å². The molecule has 1 amide bonds. The van der Waals surface area contributed by atoms with E-state index in [0.717, 1.165) is 0 Å². The number of amides is 1. The quantitative estimate of drug-likeness (QED) is 0.841. The predicted molar refractivity (Wildman–Crippen MR) is 57.8 cm³/mol. The van der Waals surface area contributed by atoms with Crippen molar-refractivity contribution in [2.45, 2.75) is 32.7 Å². The molecule has 0 aromatic rings. The number of aliphatic hydroxyl groups is 1. The second-order valence-electron chi connectivity index (χ2n) is 4.88. The second-order valence-corrected chi connectivity index (χ2v) is 6.73. The summed E-state index contributed by atoms with van der Waals surface area (Å²) in [5, 5.41) is 8.59. The molecule has 0 aliphatic carbocycles. The van der Waals surface area contributed by atoms with Crippen molar-refractivity contribution in [2.75, 3.05) is 13.2 Å². The molecule has 0 heterocycles. The maximum Gasteiger partial charge on any atom is 0.516 e. The van der Waals surface area contributed by atoms with E-state index in [1.807, 2.05) is 0 Å². The summed E-state index contributed by atoms with van der Waals surface area (Å²) in [5.41, 5.74) is -6.22. The molecule has 9 heteroatoms. The van der Waals surface area contributed by atoms with E-state index in [-0.39, 0.29) is 10.7 Å². The van der Waals surface area contributed by atoms with Crippen molar-refractivity contribution in [1.82, 2.24) is 4.31 Å². The van der Waals surface area contributed by atoms with Crippen LogP contribution < -0.4 is 0 Å². The molecule has 0 spiro atoms. The van der Waals surface area contributed by atoms with Crippen molar-refractivity contribution >= 4 is 15.9 Å². The number of halogens is 3. The summed E-state index contributed by atoms with van der Waals surface area (Å²) in [7, 11) is -5.75. The SMILES string of the molecule is CC(C)(C)CC(=O)N(CCO)S(=O)(=O)C(F)(F)F. The lowest BCUT2D eigenvalue weighted by atomic mass is 9.92.